The van der Waals surface area contributed by atoms with Crippen LogP contribution in [0.4, 0.5) is 9.18 Å². The number of halogens is 1. The number of carbonyl (C=O) groups is 2. The molecule has 0 aromatic heterocycles. The monoisotopic (exact) mass is 345 g/mol. The van der Waals surface area contributed by atoms with Crippen LogP contribution in [-0.2, 0) is 4.79 Å². The van der Waals surface area contributed by atoms with Gasteiger partial charge in [0.2, 0.25) is 5.91 Å². The minimum atomic E-state index is -0.973. The second kappa shape index (κ2) is 8.39. The maximum absolute atomic E-state index is 14.5. The summed E-state index contributed by atoms with van der Waals surface area (Å²) in [5.74, 6) is -0.0364. The lowest BCUT2D eigenvalue weighted by Gasteiger charge is -2.40. The summed E-state index contributed by atoms with van der Waals surface area (Å²) < 4.78 is 14.5. The smallest absolute Gasteiger partial charge is 0.276 e. The molecule has 1 heterocycles. The molecule has 2 rings (SSSR count). The van der Waals surface area contributed by atoms with Crippen LogP contribution in [0.3, 0.4) is 0 Å². The number of nitrogens with two attached hydrogens (primary N) is 1. The zero-order chi connectivity index (χ0) is 16.8. The molecule has 0 aromatic carbocycles. The highest BCUT2D eigenvalue weighted by molar-refractivity contribution is 7.96. The number of thiol groups is 1. The van der Waals surface area contributed by atoms with E-state index in [1.165, 1.54) is 0 Å². The average molecular weight is 345 g/mol. The molecule has 9 heteroatoms. The molecule has 23 heavy (non-hydrogen) atoms. The van der Waals surface area contributed by atoms with Crippen LogP contribution in [0, 0.1) is 0 Å². The van der Waals surface area contributed by atoms with Gasteiger partial charge in [-0.25, -0.2) is 4.39 Å². The van der Waals surface area contributed by atoms with Gasteiger partial charge in [0.1, 0.15) is 6.17 Å². The third-order valence-corrected chi connectivity index (χ3v) is 4.38. The third-order valence-electron chi connectivity index (χ3n) is 4.22. The molecule has 1 aliphatic heterocycles. The van der Waals surface area contributed by atoms with Crippen LogP contribution in [0.25, 0.3) is 0 Å². The molecule has 0 radical (unpaired) electrons. The molecule has 2 fully saturated rings. The van der Waals surface area contributed by atoms with Crippen LogP contribution in [0.15, 0.2) is 11.9 Å². The summed E-state index contributed by atoms with van der Waals surface area (Å²) in [5, 5.41) is 7.88. The molecule has 3 atom stereocenters. The van der Waals surface area contributed by atoms with E-state index in [0.717, 1.165) is 6.42 Å². The molecule has 2 amide bonds. The van der Waals surface area contributed by atoms with Crippen molar-refractivity contribution < 1.29 is 14.0 Å². The summed E-state index contributed by atoms with van der Waals surface area (Å²) in [7, 11) is 0. The van der Waals surface area contributed by atoms with Crippen molar-refractivity contribution in [2.45, 2.75) is 37.5 Å². The van der Waals surface area contributed by atoms with Gasteiger partial charge in [0.05, 0.1) is 13.1 Å². The van der Waals surface area contributed by atoms with E-state index in [0.29, 0.717) is 31.6 Å². The van der Waals surface area contributed by atoms with Crippen LogP contribution in [0.1, 0.15) is 19.3 Å². The van der Waals surface area contributed by atoms with Gasteiger partial charge in [0, 0.05) is 43.5 Å². The normalized spacial score (nSPS) is 29.7. The molecule has 1 aliphatic carbocycles. The molecule has 2 aliphatic rings. The molecule has 0 bridgehead atoms. The molecular formula is C14H24FN5O2S. The van der Waals surface area contributed by atoms with Gasteiger partial charge in [0.15, 0.2) is 0 Å². The largest absolute Gasteiger partial charge is 0.399 e. The van der Waals surface area contributed by atoms with E-state index >= 15 is 0 Å². The van der Waals surface area contributed by atoms with Gasteiger partial charge in [0.25, 0.3) is 5.24 Å². The summed E-state index contributed by atoms with van der Waals surface area (Å²) in [6.07, 6.45) is 2.53. The van der Waals surface area contributed by atoms with E-state index in [9.17, 15) is 14.0 Å². The van der Waals surface area contributed by atoms with Crippen molar-refractivity contribution in [3.05, 3.63) is 11.9 Å². The summed E-state index contributed by atoms with van der Waals surface area (Å²) in [6, 6.07) is -0.186. The molecule has 7 nitrogen and oxygen atoms in total. The first-order valence-corrected chi connectivity index (χ1v) is 8.22. The highest BCUT2D eigenvalue weighted by atomic mass is 32.1. The lowest BCUT2D eigenvalue weighted by Crippen LogP contribution is -2.56. The summed E-state index contributed by atoms with van der Waals surface area (Å²) in [6.45, 7) is 1.76. The minimum Gasteiger partial charge on any atom is -0.399 e. The number of hydrogen-bond donors (Lipinski definition) is 5. The first-order valence-electron chi connectivity index (χ1n) is 7.78. The fourth-order valence-electron chi connectivity index (χ4n) is 3.06. The molecule has 1 saturated heterocycles. The van der Waals surface area contributed by atoms with Crippen LogP contribution in [0.5, 0.6) is 0 Å². The number of hydrogen-bond acceptors (Lipinski definition) is 5. The SMILES string of the molecule is N/C(=C\NC1CCC(N2CCNC(=O)C2)C(F)C1)CNC(=O)S. The Hall–Kier alpha value is -1.48. The first kappa shape index (κ1) is 17.9. The Labute approximate surface area is 140 Å². The molecule has 130 valence electrons. The van der Waals surface area contributed by atoms with Crippen molar-refractivity contribution in [3.8, 4) is 0 Å². The van der Waals surface area contributed by atoms with Crippen molar-refractivity contribution in [3.63, 3.8) is 0 Å². The van der Waals surface area contributed by atoms with E-state index in [2.05, 4.69) is 28.6 Å². The van der Waals surface area contributed by atoms with Crippen LogP contribution in [0.2, 0.25) is 0 Å². The van der Waals surface area contributed by atoms with Crippen molar-refractivity contribution >= 4 is 23.8 Å². The lowest BCUT2D eigenvalue weighted by atomic mass is 9.88. The van der Waals surface area contributed by atoms with Crippen LogP contribution in [-0.4, -0.2) is 60.5 Å². The number of carbonyl (C=O) groups excluding carboxylic acids is 2. The quantitative estimate of drug-likeness (QED) is 0.441. The first-order chi connectivity index (χ1) is 11.0. The van der Waals surface area contributed by atoms with E-state index in [-0.39, 0.29) is 31.1 Å². The van der Waals surface area contributed by atoms with Gasteiger partial charge >= 0.3 is 0 Å². The predicted molar refractivity (Wildman–Crippen MR) is 88.7 cm³/mol. The zero-order valence-electron chi connectivity index (χ0n) is 12.9. The number of alkyl halides is 1. The predicted octanol–water partition coefficient (Wildman–Crippen LogP) is -0.293. The number of rotatable bonds is 5. The van der Waals surface area contributed by atoms with E-state index < -0.39 is 11.4 Å². The molecule has 0 aromatic rings. The van der Waals surface area contributed by atoms with Gasteiger partial charge in [-0.15, -0.1) is 0 Å². The Morgan fingerprint density at radius 2 is 2.30 bits per heavy atom. The maximum Gasteiger partial charge on any atom is 0.276 e. The Bertz CT molecular complexity index is 476. The summed E-state index contributed by atoms with van der Waals surface area (Å²) >= 11 is 3.58. The molecule has 0 spiro atoms. The summed E-state index contributed by atoms with van der Waals surface area (Å²) in [5.41, 5.74) is 6.19. The van der Waals surface area contributed by atoms with E-state index in [1.54, 1.807) is 6.20 Å². The lowest BCUT2D eigenvalue weighted by molar-refractivity contribution is -0.125. The number of amides is 2. The average Bonchev–Trinajstić information content (AvgIpc) is 2.51. The van der Waals surface area contributed by atoms with Crippen molar-refractivity contribution in [2.24, 2.45) is 5.73 Å². The maximum atomic E-state index is 14.5. The molecule has 1 saturated carbocycles. The number of nitrogens with one attached hydrogen (secondary N) is 3. The zero-order valence-corrected chi connectivity index (χ0v) is 13.8. The van der Waals surface area contributed by atoms with E-state index in [1.807, 2.05) is 4.90 Å². The Kier molecular flexibility index (Phi) is 6.52. The Morgan fingerprint density at radius 1 is 1.52 bits per heavy atom. The molecule has 5 N–H and O–H groups in total. The summed E-state index contributed by atoms with van der Waals surface area (Å²) in [4.78, 5) is 24.0. The van der Waals surface area contributed by atoms with Gasteiger partial charge < -0.3 is 21.7 Å². The van der Waals surface area contributed by atoms with Gasteiger partial charge in [-0.2, -0.15) is 0 Å². The highest BCUT2D eigenvalue weighted by Gasteiger charge is 2.35. The van der Waals surface area contributed by atoms with Crippen LogP contribution >= 0.6 is 12.6 Å². The number of piperazine rings is 1. The number of nitrogens with zero attached hydrogens (tertiary/aromatic N) is 1. The third kappa shape index (κ3) is 5.58. The molecular weight excluding hydrogens is 321 g/mol. The second-order valence-corrected chi connectivity index (χ2v) is 6.36. The van der Waals surface area contributed by atoms with E-state index in [4.69, 9.17) is 5.73 Å². The fourth-order valence-corrected chi connectivity index (χ4v) is 3.14. The topological polar surface area (TPSA) is 99.5 Å². The standard InChI is InChI=1S/C14H24FN5O2S/c15-11-5-10(18-6-9(16)7-19-14(22)23)1-2-12(11)20-4-3-17-13(21)8-20/h6,10-12,18H,1-5,7-8,16H2,(H,17,21)(H2,19,22,23)/b9-6-. The Balaban J connectivity index is 1.78. The Morgan fingerprint density at radius 3 is 2.96 bits per heavy atom. The fraction of sp³-hybridized carbons (Fsp3) is 0.714. The highest BCUT2D eigenvalue weighted by Crippen LogP contribution is 2.26. The van der Waals surface area contributed by atoms with Gasteiger partial charge in [-0.1, -0.05) is 12.6 Å². The van der Waals surface area contributed by atoms with Crippen LogP contribution < -0.4 is 21.7 Å². The van der Waals surface area contributed by atoms with Gasteiger partial charge in [-0.3, -0.25) is 14.5 Å². The van der Waals surface area contributed by atoms with Crippen molar-refractivity contribution in [1.82, 2.24) is 20.9 Å². The molecule has 3 unspecified atom stereocenters. The van der Waals surface area contributed by atoms with Crippen molar-refractivity contribution in [1.29, 1.82) is 0 Å². The second-order valence-electron chi connectivity index (χ2n) is 5.96. The van der Waals surface area contributed by atoms with Gasteiger partial charge in [-0.05, 0) is 12.8 Å². The minimum absolute atomic E-state index is 0.00474. The van der Waals surface area contributed by atoms with Crippen molar-refractivity contribution in [2.75, 3.05) is 26.2 Å².